The van der Waals surface area contributed by atoms with Crippen molar-refractivity contribution in [2.75, 3.05) is 18.6 Å². The van der Waals surface area contributed by atoms with Crippen molar-refractivity contribution >= 4 is 29.1 Å². The summed E-state index contributed by atoms with van der Waals surface area (Å²) in [5.41, 5.74) is 3.31. The predicted molar refractivity (Wildman–Crippen MR) is 104 cm³/mol. The Labute approximate surface area is 163 Å². The highest BCUT2D eigenvalue weighted by molar-refractivity contribution is 6.31. The summed E-state index contributed by atoms with van der Waals surface area (Å²) in [4.78, 5) is 30.9. The van der Waals surface area contributed by atoms with Crippen LogP contribution in [0.3, 0.4) is 0 Å². The van der Waals surface area contributed by atoms with E-state index in [-0.39, 0.29) is 18.2 Å². The van der Waals surface area contributed by atoms with E-state index in [1.54, 1.807) is 36.4 Å². The first-order chi connectivity index (χ1) is 12.9. The van der Waals surface area contributed by atoms with Gasteiger partial charge >= 0.3 is 0 Å². The second kappa shape index (κ2) is 7.96. The van der Waals surface area contributed by atoms with E-state index in [0.717, 1.165) is 22.6 Å². The van der Waals surface area contributed by atoms with Crippen molar-refractivity contribution in [2.45, 2.75) is 26.8 Å². The van der Waals surface area contributed by atoms with Gasteiger partial charge in [-0.2, -0.15) is 0 Å². The van der Waals surface area contributed by atoms with Gasteiger partial charge in [0.25, 0.3) is 0 Å². The van der Waals surface area contributed by atoms with Crippen LogP contribution < -0.4 is 15.0 Å². The molecule has 7 heteroatoms. The fraction of sp³-hybridized carbons (Fsp3) is 0.350. The molecule has 0 spiro atoms. The second-order valence-corrected chi connectivity index (χ2v) is 7.09. The number of hydrogen-bond donors (Lipinski definition) is 1. The summed E-state index contributed by atoms with van der Waals surface area (Å²) in [6.07, 6.45) is 1.91. The van der Waals surface area contributed by atoms with Gasteiger partial charge in [-0.05, 0) is 32.0 Å². The Kier molecular flexibility index (Phi) is 5.65. The molecule has 0 saturated carbocycles. The quantitative estimate of drug-likeness (QED) is 0.856. The largest absolute Gasteiger partial charge is 0.496 e. The van der Waals surface area contributed by atoms with Gasteiger partial charge in [-0.1, -0.05) is 17.7 Å². The molecule has 1 aliphatic heterocycles. The predicted octanol–water partition coefficient (Wildman–Crippen LogP) is 3.03. The standard InChI is InChI=1S/C20H22ClN3O3/c1-12-9-22-17(13(2)19(12)27-3)10-23-20(26)14-7-18(25)24(11-14)16-6-4-5-15(21)8-16/h4-6,8-9,14H,7,10-11H2,1-3H3,(H,23,26). The van der Waals surface area contributed by atoms with Crippen LogP contribution in [0, 0.1) is 19.8 Å². The summed E-state index contributed by atoms with van der Waals surface area (Å²) in [5.74, 6) is 0.138. The highest BCUT2D eigenvalue weighted by Crippen LogP contribution is 2.28. The molecule has 3 rings (SSSR count). The first-order valence-corrected chi connectivity index (χ1v) is 9.11. The number of carbonyl (C=O) groups is 2. The number of carbonyl (C=O) groups excluding carboxylic acids is 2. The van der Waals surface area contributed by atoms with Crippen LogP contribution >= 0.6 is 11.6 Å². The van der Waals surface area contributed by atoms with Crippen molar-refractivity contribution in [3.8, 4) is 5.75 Å². The molecule has 1 aliphatic rings. The summed E-state index contributed by atoms with van der Waals surface area (Å²) < 4.78 is 5.39. The van der Waals surface area contributed by atoms with Crippen molar-refractivity contribution in [3.63, 3.8) is 0 Å². The highest BCUT2D eigenvalue weighted by atomic mass is 35.5. The molecule has 1 N–H and O–H groups in total. The van der Waals surface area contributed by atoms with Gasteiger partial charge in [-0.3, -0.25) is 14.6 Å². The lowest BCUT2D eigenvalue weighted by atomic mass is 10.1. The molecule has 142 valence electrons. The molecule has 1 atom stereocenters. The number of benzene rings is 1. The zero-order valence-electron chi connectivity index (χ0n) is 15.6. The summed E-state index contributed by atoms with van der Waals surface area (Å²) in [5, 5.41) is 3.45. The minimum Gasteiger partial charge on any atom is -0.496 e. The third kappa shape index (κ3) is 4.06. The lowest BCUT2D eigenvalue weighted by Crippen LogP contribution is -2.33. The Morgan fingerprint density at radius 2 is 2.19 bits per heavy atom. The molecule has 6 nitrogen and oxygen atoms in total. The molecule has 1 aromatic heterocycles. The summed E-state index contributed by atoms with van der Waals surface area (Å²) >= 11 is 6.00. The number of hydrogen-bond acceptors (Lipinski definition) is 4. The van der Waals surface area contributed by atoms with Gasteiger partial charge < -0.3 is 15.0 Å². The Hall–Kier alpha value is -2.60. The molecule has 27 heavy (non-hydrogen) atoms. The van der Waals surface area contributed by atoms with Crippen LogP contribution in [0.1, 0.15) is 23.2 Å². The number of amides is 2. The molecule has 2 amide bonds. The fourth-order valence-corrected chi connectivity index (χ4v) is 3.53. The van der Waals surface area contributed by atoms with E-state index in [2.05, 4.69) is 10.3 Å². The molecule has 1 unspecified atom stereocenters. The summed E-state index contributed by atoms with van der Waals surface area (Å²) in [7, 11) is 1.62. The molecule has 1 aromatic carbocycles. The maximum absolute atomic E-state index is 12.6. The van der Waals surface area contributed by atoms with Crippen molar-refractivity contribution in [2.24, 2.45) is 5.92 Å². The SMILES string of the molecule is COc1c(C)cnc(CNC(=O)C2CC(=O)N(c3cccc(Cl)c3)C2)c1C. The number of ether oxygens (including phenoxy) is 1. The van der Waals surface area contributed by atoms with Crippen LogP contribution in [0.5, 0.6) is 5.75 Å². The molecule has 1 saturated heterocycles. The average Bonchev–Trinajstić information content (AvgIpc) is 3.03. The minimum atomic E-state index is -0.399. The number of pyridine rings is 1. The van der Waals surface area contributed by atoms with Crippen LogP contribution in [0.15, 0.2) is 30.5 Å². The third-order valence-corrected chi connectivity index (χ3v) is 5.03. The summed E-state index contributed by atoms with van der Waals surface area (Å²) in [6, 6.07) is 7.08. The number of halogens is 1. The maximum atomic E-state index is 12.6. The average molecular weight is 388 g/mol. The molecule has 0 bridgehead atoms. The van der Waals surface area contributed by atoms with Gasteiger partial charge in [0.1, 0.15) is 5.75 Å². The van der Waals surface area contributed by atoms with Crippen LogP contribution in [-0.2, 0) is 16.1 Å². The first kappa shape index (κ1) is 19.2. The molecular formula is C20H22ClN3O3. The number of nitrogens with zero attached hydrogens (tertiary/aromatic N) is 2. The van der Waals surface area contributed by atoms with Crippen molar-refractivity contribution < 1.29 is 14.3 Å². The van der Waals surface area contributed by atoms with Gasteiger partial charge in [-0.25, -0.2) is 0 Å². The van der Waals surface area contributed by atoms with E-state index < -0.39 is 5.92 Å². The molecule has 2 aromatic rings. The van der Waals surface area contributed by atoms with Crippen LogP contribution in [0.4, 0.5) is 5.69 Å². The second-order valence-electron chi connectivity index (χ2n) is 6.65. The monoisotopic (exact) mass is 387 g/mol. The first-order valence-electron chi connectivity index (χ1n) is 8.73. The maximum Gasteiger partial charge on any atom is 0.227 e. The number of nitrogens with one attached hydrogen (secondary N) is 1. The van der Waals surface area contributed by atoms with Crippen LogP contribution in [0.2, 0.25) is 5.02 Å². The van der Waals surface area contributed by atoms with E-state index in [0.29, 0.717) is 23.8 Å². The lowest BCUT2D eigenvalue weighted by Gasteiger charge is -2.17. The highest BCUT2D eigenvalue weighted by Gasteiger charge is 2.35. The van der Waals surface area contributed by atoms with Gasteiger partial charge in [-0.15, -0.1) is 0 Å². The topological polar surface area (TPSA) is 71.5 Å². The lowest BCUT2D eigenvalue weighted by molar-refractivity contribution is -0.126. The summed E-state index contributed by atoms with van der Waals surface area (Å²) in [6.45, 7) is 4.48. The fourth-order valence-electron chi connectivity index (χ4n) is 3.34. The normalized spacial score (nSPS) is 16.5. The van der Waals surface area contributed by atoms with Crippen molar-refractivity contribution in [1.82, 2.24) is 10.3 Å². The molecule has 0 radical (unpaired) electrons. The van der Waals surface area contributed by atoms with Crippen molar-refractivity contribution in [1.29, 1.82) is 0 Å². The number of rotatable bonds is 5. The zero-order chi connectivity index (χ0) is 19.6. The van der Waals surface area contributed by atoms with Crippen LogP contribution in [0.25, 0.3) is 0 Å². The van der Waals surface area contributed by atoms with Crippen molar-refractivity contribution in [3.05, 3.63) is 52.3 Å². The Morgan fingerprint density at radius 1 is 1.41 bits per heavy atom. The van der Waals surface area contributed by atoms with E-state index in [9.17, 15) is 9.59 Å². The molecule has 0 aliphatic carbocycles. The molecule has 2 heterocycles. The molecular weight excluding hydrogens is 366 g/mol. The van der Waals surface area contributed by atoms with Gasteiger partial charge in [0.2, 0.25) is 11.8 Å². The minimum absolute atomic E-state index is 0.0799. The van der Waals surface area contributed by atoms with Gasteiger partial charge in [0.15, 0.2) is 0 Å². The van der Waals surface area contributed by atoms with Crippen LogP contribution in [-0.4, -0.2) is 30.5 Å². The third-order valence-electron chi connectivity index (χ3n) is 4.80. The Bertz CT molecular complexity index is 885. The number of methoxy groups -OCH3 is 1. The van der Waals surface area contributed by atoms with E-state index in [4.69, 9.17) is 16.3 Å². The molecule has 1 fully saturated rings. The Morgan fingerprint density at radius 3 is 2.89 bits per heavy atom. The number of aryl methyl sites for hydroxylation is 1. The number of aromatic nitrogens is 1. The zero-order valence-corrected chi connectivity index (χ0v) is 16.3. The van der Waals surface area contributed by atoms with E-state index in [1.807, 2.05) is 19.9 Å². The van der Waals surface area contributed by atoms with E-state index in [1.165, 1.54) is 0 Å². The number of anilines is 1. The van der Waals surface area contributed by atoms with Gasteiger partial charge in [0.05, 0.1) is 25.3 Å². The smallest absolute Gasteiger partial charge is 0.227 e. The van der Waals surface area contributed by atoms with E-state index >= 15 is 0 Å². The van der Waals surface area contributed by atoms with Gasteiger partial charge in [0, 0.05) is 41.0 Å². The Balaban J connectivity index is 1.65.